The third-order valence-corrected chi connectivity index (χ3v) is 3.56. The zero-order chi connectivity index (χ0) is 17.6. The van der Waals surface area contributed by atoms with Crippen LogP contribution >= 0.6 is 11.6 Å². The highest BCUT2D eigenvalue weighted by atomic mass is 35.5. The van der Waals surface area contributed by atoms with Crippen LogP contribution < -0.4 is 10.1 Å². The fraction of sp³-hybridized carbons (Fsp3) is 0.0556. The summed E-state index contributed by atoms with van der Waals surface area (Å²) in [5, 5.41) is 16.5. The van der Waals surface area contributed by atoms with E-state index < -0.39 is 5.91 Å². The van der Waals surface area contributed by atoms with Crippen LogP contribution in [0.5, 0.6) is 5.75 Å². The van der Waals surface area contributed by atoms with Gasteiger partial charge in [0.1, 0.15) is 11.8 Å². The molecule has 2 aromatic carbocycles. The summed E-state index contributed by atoms with van der Waals surface area (Å²) in [7, 11) is 0. The molecule has 1 N–H and O–H groups in total. The lowest BCUT2D eigenvalue weighted by Gasteiger charge is -2.06. The van der Waals surface area contributed by atoms with Gasteiger partial charge >= 0.3 is 0 Å². The maximum atomic E-state index is 12.3. The molecule has 1 amide bonds. The molecule has 0 unspecified atom stereocenters. The summed E-state index contributed by atoms with van der Waals surface area (Å²) in [6.07, 6.45) is 1.63. The number of halogens is 1. The Morgan fingerprint density at radius 3 is 2.88 bits per heavy atom. The van der Waals surface area contributed by atoms with Crippen LogP contribution in [0.25, 0.3) is 0 Å². The molecule has 124 valence electrons. The van der Waals surface area contributed by atoms with Crippen molar-refractivity contribution in [2.24, 2.45) is 0 Å². The molecular weight excluding hydrogens is 340 g/mol. The molecule has 3 aromatic rings. The molecule has 0 spiro atoms. The van der Waals surface area contributed by atoms with Crippen LogP contribution in [0.15, 0.2) is 60.8 Å². The Hall–Kier alpha value is -3.30. The van der Waals surface area contributed by atoms with Crippen LogP contribution in [0.1, 0.15) is 16.1 Å². The van der Waals surface area contributed by atoms with Crippen molar-refractivity contribution in [3.63, 3.8) is 0 Å². The Morgan fingerprint density at radius 2 is 2.08 bits per heavy atom. The zero-order valence-electron chi connectivity index (χ0n) is 13.0. The van der Waals surface area contributed by atoms with Gasteiger partial charge in [0, 0.05) is 11.2 Å². The summed E-state index contributed by atoms with van der Waals surface area (Å²) in [5.41, 5.74) is 1.06. The van der Waals surface area contributed by atoms with Gasteiger partial charge in [0.05, 0.1) is 11.3 Å². The fourth-order valence-electron chi connectivity index (χ4n) is 2.13. The Kier molecular flexibility index (Phi) is 4.97. The quantitative estimate of drug-likeness (QED) is 0.759. The van der Waals surface area contributed by atoms with Gasteiger partial charge in [-0.1, -0.05) is 29.8 Å². The predicted molar refractivity (Wildman–Crippen MR) is 93.4 cm³/mol. The first-order valence-electron chi connectivity index (χ1n) is 7.38. The molecule has 25 heavy (non-hydrogen) atoms. The Labute approximate surface area is 149 Å². The highest BCUT2D eigenvalue weighted by Gasteiger charge is 2.12. The van der Waals surface area contributed by atoms with Crippen molar-refractivity contribution in [2.45, 2.75) is 6.73 Å². The van der Waals surface area contributed by atoms with Gasteiger partial charge in [-0.05, 0) is 36.4 Å². The molecule has 0 bridgehead atoms. The number of aromatic nitrogens is 2. The van der Waals surface area contributed by atoms with Crippen molar-refractivity contribution >= 4 is 23.2 Å². The molecule has 7 heteroatoms. The lowest BCUT2D eigenvalue weighted by atomic mass is 10.2. The number of para-hydroxylation sites is 1. The number of anilines is 1. The summed E-state index contributed by atoms with van der Waals surface area (Å²) in [4.78, 5) is 12.3. The highest BCUT2D eigenvalue weighted by molar-refractivity contribution is 6.30. The van der Waals surface area contributed by atoms with E-state index in [1.54, 1.807) is 60.8 Å². The van der Waals surface area contributed by atoms with Crippen LogP contribution in [0.3, 0.4) is 0 Å². The van der Waals surface area contributed by atoms with Crippen molar-refractivity contribution < 1.29 is 9.53 Å². The molecule has 1 heterocycles. The van der Waals surface area contributed by atoms with Crippen LogP contribution in [-0.4, -0.2) is 15.7 Å². The molecular formula is C18H13ClN4O2. The maximum absolute atomic E-state index is 12.3. The third kappa shape index (κ3) is 4.16. The zero-order valence-corrected chi connectivity index (χ0v) is 13.8. The van der Waals surface area contributed by atoms with Crippen molar-refractivity contribution in [3.8, 4) is 11.8 Å². The molecule has 0 aliphatic rings. The van der Waals surface area contributed by atoms with Gasteiger partial charge in [0.15, 0.2) is 12.4 Å². The highest BCUT2D eigenvalue weighted by Crippen LogP contribution is 2.18. The number of carbonyl (C=O) groups excluding carboxylic acids is 1. The van der Waals surface area contributed by atoms with Crippen molar-refractivity contribution in [1.29, 1.82) is 5.26 Å². The lowest BCUT2D eigenvalue weighted by molar-refractivity contribution is 0.102. The third-order valence-electron chi connectivity index (χ3n) is 3.33. The molecule has 1 aromatic heterocycles. The normalized spacial score (nSPS) is 10.1. The summed E-state index contributed by atoms with van der Waals surface area (Å²) in [6, 6.07) is 17.4. The van der Waals surface area contributed by atoms with Crippen molar-refractivity contribution in [2.75, 3.05) is 5.32 Å². The minimum Gasteiger partial charge on any atom is -0.471 e. The second-order valence-electron chi connectivity index (χ2n) is 5.08. The topological polar surface area (TPSA) is 79.9 Å². The van der Waals surface area contributed by atoms with Crippen molar-refractivity contribution in [1.82, 2.24) is 9.78 Å². The van der Waals surface area contributed by atoms with Gasteiger partial charge in [0.25, 0.3) is 5.91 Å². The van der Waals surface area contributed by atoms with E-state index >= 15 is 0 Å². The lowest BCUT2D eigenvalue weighted by Crippen LogP contribution is -2.15. The van der Waals surface area contributed by atoms with Gasteiger partial charge in [-0.3, -0.25) is 4.79 Å². The number of ether oxygens (including phenoxy) is 1. The second kappa shape index (κ2) is 7.51. The SMILES string of the molecule is N#Cc1ccccc1NC(=O)c1ccn(COc2cccc(Cl)c2)n1. The molecule has 0 fully saturated rings. The Balaban J connectivity index is 1.64. The number of nitrogens with one attached hydrogen (secondary N) is 1. The largest absolute Gasteiger partial charge is 0.471 e. The minimum atomic E-state index is -0.399. The van der Waals surface area contributed by atoms with E-state index in [1.807, 2.05) is 6.07 Å². The minimum absolute atomic E-state index is 0.141. The van der Waals surface area contributed by atoms with E-state index in [0.717, 1.165) is 0 Å². The summed E-state index contributed by atoms with van der Waals surface area (Å²) >= 11 is 5.90. The van der Waals surface area contributed by atoms with E-state index in [2.05, 4.69) is 10.4 Å². The molecule has 0 aliphatic heterocycles. The molecule has 0 saturated carbocycles. The number of nitrogens with zero attached hydrogens (tertiary/aromatic N) is 3. The van der Waals surface area contributed by atoms with Gasteiger partial charge in [0.2, 0.25) is 0 Å². The Bertz CT molecular complexity index is 946. The predicted octanol–water partition coefficient (Wildman–Crippen LogP) is 3.70. The number of nitriles is 1. The first-order valence-corrected chi connectivity index (χ1v) is 7.76. The first kappa shape index (κ1) is 16.6. The fourth-order valence-corrected chi connectivity index (χ4v) is 2.31. The molecule has 6 nitrogen and oxygen atoms in total. The Morgan fingerprint density at radius 1 is 1.24 bits per heavy atom. The van der Waals surface area contributed by atoms with Crippen molar-refractivity contribution in [3.05, 3.63) is 77.1 Å². The number of amides is 1. The number of benzene rings is 2. The van der Waals surface area contributed by atoms with Crippen LogP contribution in [0.2, 0.25) is 5.02 Å². The molecule has 0 atom stereocenters. The van der Waals surface area contributed by atoms with Crippen LogP contribution in [0.4, 0.5) is 5.69 Å². The van der Waals surface area contributed by atoms with Crippen LogP contribution in [0, 0.1) is 11.3 Å². The van der Waals surface area contributed by atoms with E-state index in [-0.39, 0.29) is 12.4 Å². The standard InChI is InChI=1S/C18H13ClN4O2/c19-14-5-3-6-15(10-14)25-12-23-9-8-17(22-23)18(24)21-16-7-2-1-4-13(16)11-20/h1-10H,12H2,(H,21,24). The summed E-state index contributed by atoms with van der Waals surface area (Å²) in [5.74, 6) is 0.209. The van der Waals surface area contributed by atoms with Gasteiger partial charge < -0.3 is 10.1 Å². The average Bonchev–Trinajstić information content (AvgIpc) is 3.10. The average molecular weight is 353 g/mol. The van der Waals surface area contributed by atoms with Gasteiger partial charge in [-0.25, -0.2) is 4.68 Å². The van der Waals surface area contributed by atoms with E-state index in [0.29, 0.717) is 22.0 Å². The second-order valence-corrected chi connectivity index (χ2v) is 5.52. The molecule has 0 aliphatic carbocycles. The van der Waals surface area contributed by atoms with E-state index in [1.165, 1.54) is 4.68 Å². The number of hydrogen-bond acceptors (Lipinski definition) is 4. The van der Waals surface area contributed by atoms with Gasteiger partial charge in [-0.2, -0.15) is 10.4 Å². The molecule has 0 radical (unpaired) electrons. The smallest absolute Gasteiger partial charge is 0.276 e. The maximum Gasteiger partial charge on any atom is 0.276 e. The summed E-state index contributed by atoms with van der Waals surface area (Å²) < 4.78 is 7.05. The molecule has 3 rings (SSSR count). The van der Waals surface area contributed by atoms with E-state index in [4.69, 9.17) is 21.6 Å². The monoisotopic (exact) mass is 352 g/mol. The number of carbonyl (C=O) groups is 1. The van der Waals surface area contributed by atoms with Crippen LogP contribution in [-0.2, 0) is 6.73 Å². The number of rotatable bonds is 5. The summed E-state index contributed by atoms with van der Waals surface area (Å²) in [6.45, 7) is 0.141. The molecule has 0 saturated heterocycles. The van der Waals surface area contributed by atoms with E-state index in [9.17, 15) is 4.79 Å². The van der Waals surface area contributed by atoms with Gasteiger partial charge in [-0.15, -0.1) is 0 Å². The number of hydrogen-bond donors (Lipinski definition) is 1. The first-order chi connectivity index (χ1) is 12.2.